The van der Waals surface area contributed by atoms with E-state index < -0.39 is 0 Å². The Morgan fingerprint density at radius 2 is 2.29 bits per heavy atom. The van der Waals surface area contributed by atoms with Crippen LogP contribution in [-0.4, -0.2) is 17.1 Å². The van der Waals surface area contributed by atoms with Crippen molar-refractivity contribution in [3.05, 3.63) is 23.0 Å². The van der Waals surface area contributed by atoms with Crippen LogP contribution >= 0.6 is 11.3 Å². The Labute approximate surface area is 128 Å². The van der Waals surface area contributed by atoms with Crippen LogP contribution in [-0.2, 0) is 11.3 Å². The minimum atomic E-state index is -0.148. The number of hydrogen-bond acceptors (Lipinski definition) is 3. The molecule has 110 valence electrons. The summed E-state index contributed by atoms with van der Waals surface area (Å²) in [7, 11) is 0. The van der Waals surface area contributed by atoms with E-state index in [9.17, 15) is 4.79 Å². The van der Waals surface area contributed by atoms with Crippen LogP contribution in [0.1, 0.15) is 20.8 Å². The summed E-state index contributed by atoms with van der Waals surface area (Å²) in [6, 6.07) is 5.81. The smallest absolute Gasteiger partial charge is 0.250 e. The average Bonchev–Trinajstić information content (AvgIpc) is 2.78. The van der Waals surface area contributed by atoms with E-state index in [0.29, 0.717) is 18.0 Å². The molecule has 21 heavy (non-hydrogen) atoms. The van der Waals surface area contributed by atoms with Gasteiger partial charge in [0.2, 0.25) is 0 Å². The van der Waals surface area contributed by atoms with Crippen molar-refractivity contribution in [3.8, 4) is 18.1 Å². The molecule has 1 aromatic heterocycles. The van der Waals surface area contributed by atoms with Crippen LogP contribution < -0.4 is 9.54 Å². The van der Waals surface area contributed by atoms with E-state index in [4.69, 9.17) is 11.2 Å². The fourth-order valence-electron chi connectivity index (χ4n) is 1.92. The van der Waals surface area contributed by atoms with Crippen LogP contribution in [0.3, 0.4) is 0 Å². The van der Waals surface area contributed by atoms with Crippen molar-refractivity contribution < 1.29 is 9.53 Å². The van der Waals surface area contributed by atoms with Crippen molar-refractivity contribution >= 4 is 27.5 Å². The molecular weight excluding hydrogens is 284 g/mol. The topological polar surface area (TPSA) is 43.6 Å². The van der Waals surface area contributed by atoms with Crippen LogP contribution in [0.15, 0.2) is 23.2 Å². The minimum Gasteiger partial charge on any atom is -0.492 e. The standard InChI is InChI=1S/C16H18N2O2S/c1-5-10-18-14-12(20-6-2)8-7-9-13(14)21-16(18)17-15(19)11(3)4/h1,7-9,11H,6,10H2,2-4H3. The molecule has 1 amide bonds. The number of para-hydroxylation sites is 1. The molecule has 0 fully saturated rings. The first kappa shape index (κ1) is 15.3. The Hall–Kier alpha value is -2.06. The van der Waals surface area contributed by atoms with Gasteiger partial charge in [-0.15, -0.1) is 6.42 Å². The van der Waals surface area contributed by atoms with Gasteiger partial charge in [-0.3, -0.25) is 4.79 Å². The van der Waals surface area contributed by atoms with Crippen LogP contribution in [0.4, 0.5) is 0 Å². The molecule has 1 heterocycles. The summed E-state index contributed by atoms with van der Waals surface area (Å²) in [5.41, 5.74) is 0.901. The van der Waals surface area contributed by atoms with E-state index in [1.165, 1.54) is 11.3 Å². The zero-order valence-electron chi connectivity index (χ0n) is 12.4. The van der Waals surface area contributed by atoms with Gasteiger partial charge < -0.3 is 9.30 Å². The first-order valence-electron chi connectivity index (χ1n) is 6.85. The maximum absolute atomic E-state index is 11.9. The van der Waals surface area contributed by atoms with Crippen LogP contribution in [0.5, 0.6) is 5.75 Å². The van der Waals surface area contributed by atoms with Gasteiger partial charge in [0.05, 0.1) is 17.9 Å². The van der Waals surface area contributed by atoms with Crippen molar-refractivity contribution in [3.63, 3.8) is 0 Å². The number of fused-ring (bicyclic) bond motifs is 1. The lowest BCUT2D eigenvalue weighted by Crippen LogP contribution is -2.18. The maximum Gasteiger partial charge on any atom is 0.250 e. The third kappa shape index (κ3) is 3.17. The Kier molecular flexibility index (Phi) is 4.81. The summed E-state index contributed by atoms with van der Waals surface area (Å²) >= 11 is 1.45. The van der Waals surface area contributed by atoms with E-state index in [0.717, 1.165) is 16.0 Å². The molecule has 0 spiro atoms. The number of thiazole rings is 1. The van der Waals surface area contributed by atoms with Gasteiger partial charge in [0.15, 0.2) is 4.80 Å². The number of hydrogen-bond donors (Lipinski definition) is 0. The molecule has 0 aliphatic carbocycles. The Bertz CT molecular complexity index is 763. The van der Waals surface area contributed by atoms with Gasteiger partial charge in [0, 0.05) is 5.92 Å². The minimum absolute atomic E-state index is 0.138. The largest absolute Gasteiger partial charge is 0.492 e. The van der Waals surface area contributed by atoms with Crippen molar-refractivity contribution in [2.75, 3.05) is 6.61 Å². The number of rotatable bonds is 4. The average molecular weight is 302 g/mol. The molecule has 0 saturated carbocycles. The van der Waals surface area contributed by atoms with E-state index in [-0.39, 0.29) is 11.8 Å². The molecule has 0 bridgehead atoms. The molecule has 4 nitrogen and oxygen atoms in total. The summed E-state index contributed by atoms with van der Waals surface area (Å²) in [6.07, 6.45) is 5.46. The molecule has 0 saturated heterocycles. The first-order chi connectivity index (χ1) is 10.1. The lowest BCUT2D eigenvalue weighted by atomic mass is 10.2. The van der Waals surface area contributed by atoms with Crippen LogP contribution in [0.2, 0.25) is 0 Å². The summed E-state index contributed by atoms with van der Waals surface area (Å²) in [5.74, 6) is 3.10. The van der Waals surface area contributed by atoms with Gasteiger partial charge in [-0.1, -0.05) is 37.2 Å². The SMILES string of the molecule is C#CCn1c(=NC(=O)C(C)C)sc2cccc(OCC)c21. The molecule has 0 aliphatic rings. The normalized spacial score (nSPS) is 11.9. The van der Waals surface area contributed by atoms with Crippen molar-refractivity contribution in [1.82, 2.24) is 4.57 Å². The molecule has 0 radical (unpaired) electrons. The van der Waals surface area contributed by atoms with Gasteiger partial charge in [-0.2, -0.15) is 4.99 Å². The summed E-state index contributed by atoms with van der Waals surface area (Å²) in [4.78, 5) is 16.7. The zero-order valence-corrected chi connectivity index (χ0v) is 13.2. The Morgan fingerprint density at radius 3 is 2.90 bits per heavy atom. The quantitative estimate of drug-likeness (QED) is 0.815. The number of terminal acetylenes is 1. The van der Waals surface area contributed by atoms with E-state index in [1.807, 2.05) is 43.5 Å². The fourth-order valence-corrected chi connectivity index (χ4v) is 2.97. The first-order valence-corrected chi connectivity index (χ1v) is 7.67. The molecule has 1 aromatic carbocycles. The number of carbonyl (C=O) groups is 1. The van der Waals surface area contributed by atoms with Crippen LogP contribution in [0, 0.1) is 18.3 Å². The number of benzene rings is 1. The highest BCUT2D eigenvalue weighted by molar-refractivity contribution is 7.16. The molecule has 5 heteroatoms. The summed E-state index contributed by atoms with van der Waals surface area (Å²) in [6.45, 7) is 6.52. The van der Waals surface area contributed by atoms with Crippen molar-refractivity contribution in [1.29, 1.82) is 0 Å². The highest BCUT2D eigenvalue weighted by Crippen LogP contribution is 2.27. The molecule has 0 atom stereocenters. The van der Waals surface area contributed by atoms with E-state index in [2.05, 4.69) is 10.9 Å². The Balaban J connectivity index is 2.73. The van der Waals surface area contributed by atoms with E-state index in [1.54, 1.807) is 0 Å². The van der Waals surface area contributed by atoms with Gasteiger partial charge >= 0.3 is 0 Å². The second kappa shape index (κ2) is 6.59. The molecule has 2 aromatic rings. The van der Waals surface area contributed by atoms with E-state index >= 15 is 0 Å². The highest BCUT2D eigenvalue weighted by Gasteiger charge is 2.13. The predicted octanol–water partition coefficient (Wildman–Crippen LogP) is 2.82. The highest BCUT2D eigenvalue weighted by atomic mass is 32.1. The van der Waals surface area contributed by atoms with Gasteiger partial charge in [-0.05, 0) is 19.1 Å². The maximum atomic E-state index is 11.9. The number of carbonyl (C=O) groups excluding carboxylic acids is 1. The van der Waals surface area contributed by atoms with Crippen LogP contribution in [0.25, 0.3) is 10.2 Å². The summed E-state index contributed by atoms with van der Waals surface area (Å²) in [5, 5.41) is 0. The third-order valence-electron chi connectivity index (χ3n) is 2.91. The van der Waals surface area contributed by atoms with Crippen molar-refractivity contribution in [2.24, 2.45) is 10.9 Å². The fraction of sp³-hybridized carbons (Fsp3) is 0.375. The lowest BCUT2D eigenvalue weighted by molar-refractivity contribution is -0.120. The summed E-state index contributed by atoms with van der Waals surface area (Å²) < 4.78 is 8.53. The second-order valence-corrected chi connectivity index (χ2v) is 5.82. The monoisotopic (exact) mass is 302 g/mol. The molecule has 0 unspecified atom stereocenters. The van der Waals surface area contributed by atoms with Gasteiger partial charge in [0.1, 0.15) is 11.3 Å². The second-order valence-electron chi connectivity index (χ2n) is 4.82. The predicted molar refractivity (Wildman–Crippen MR) is 85.2 cm³/mol. The van der Waals surface area contributed by atoms with Gasteiger partial charge in [-0.25, -0.2) is 0 Å². The number of amides is 1. The Morgan fingerprint density at radius 1 is 1.52 bits per heavy atom. The molecule has 2 rings (SSSR count). The third-order valence-corrected chi connectivity index (χ3v) is 3.96. The number of nitrogens with zero attached hydrogens (tertiary/aromatic N) is 2. The molecule has 0 N–H and O–H groups in total. The zero-order chi connectivity index (χ0) is 15.4. The van der Waals surface area contributed by atoms with Crippen molar-refractivity contribution in [2.45, 2.75) is 27.3 Å². The number of ether oxygens (including phenoxy) is 1. The lowest BCUT2D eigenvalue weighted by Gasteiger charge is -2.07. The molecular formula is C16H18N2O2S. The molecule has 0 aliphatic heterocycles. The van der Waals surface area contributed by atoms with Gasteiger partial charge in [0.25, 0.3) is 5.91 Å². The number of aromatic nitrogens is 1.